The molecular weight excluding hydrogens is 343 g/mol. The van der Waals surface area contributed by atoms with E-state index in [-0.39, 0.29) is 5.56 Å². The minimum atomic E-state index is -4.47. The van der Waals surface area contributed by atoms with Gasteiger partial charge in [0.05, 0.1) is 38.8 Å². The first-order chi connectivity index (χ1) is 12.3. The maximum absolute atomic E-state index is 12.8. The highest BCUT2D eigenvalue weighted by molar-refractivity contribution is 6.04. The van der Waals surface area contributed by atoms with E-state index in [1.165, 1.54) is 17.0 Å². The summed E-state index contributed by atoms with van der Waals surface area (Å²) in [6, 6.07) is 11.8. The molecule has 1 saturated heterocycles. The van der Waals surface area contributed by atoms with E-state index in [1.807, 2.05) is 12.1 Å². The van der Waals surface area contributed by atoms with Crippen LogP contribution in [0.25, 0.3) is 0 Å². The molecule has 1 aliphatic heterocycles. The number of anilines is 2. The zero-order valence-electron chi connectivity index (χ0n) is 14.4. The molecule has 0 unspecified atom stereocenters. The maximum Gasteiger partial charge on any atom is 0.416 e. The fourth-order valence-corrected chi connectivity index (χ4v) is 2.94. The molecular formula is C19H21F3N3O+. The van der Waals surface area contributed by atoms with Crippen molar-refractivity contribution in [2.45, 2.75) is 6.18 Å². The Balaban J connectivity index is 1.66. The number of carbonyl (C=O) groups excluding carboxylic acids is 1. The SMILES string of the molecule is C[NH+]1CCN(c2ccc(NC(=O)c3cccc(C(F)(F)F)c3)cc2)CC1. The van der Waals surface area contributed by atoms with Gasteiger partial charge in [0.2, 0.25) is 0 Å². The van der Waals surface area contributed by atoms with Crippen LogP contribution in [-0.4, -0.2) is 39.1 Å². The molecule has 1 heterocycles. The second kappa shape index (κ2) is 7.37. The van der Waals surface area contributed by atoms with Gasteiger partial charge in [-0.3, -0.25) is 4.79 Å². The molecule has 138 valence electrons. The van der Waals surface area contributed by atoms with Crippen LogP contribution in [-0.2, 0) is 6.18 Å². The summed E-state index contributed by atoms with van der Waals surface area (Å²) in [6.07, 6.45) is -4.47. The van der Waals surface area contributed by atoms with Gasteiger partial charge < -0.3 is 15.1 Å². The van der Waals surface area contributed by atoms with Gasteiger partial charge in [-0.05, 0) is 42.5 Å². The van der Waals surface area contributed by atoms with Crippen molar-refractivity contribution in [3.8, 4) is 0 Å². The lowest BCUT2D eigenvalue weighted by molar-refractivity contribution is -0.880. The first kappa shape index (κ1) is 18.3. The topological polar surface area (TPSA) is 36.8 Å². The number of nitrogens with zero attached hydrogens (tertiary/aromatic N) is 1. The number of hydrogen-bond donors (Lipinski definition) is 2. The molecule has 0 saturated carbocycles. The van der Waals surface area contributed by atoms with Gasteiger partial charge in [-0.15, -0.1) is 0 Å². The van der Waals surface area contributed by atoms with Crippen molar-refractivity contribution >= 4 is 17.3 Å². The quantitative estimate of drug-likeness (QED) is 0.877. The summed E-state index contributed by atoms with van der Waals surface area (Å²) >= 11 is 0. The highest BCUT2D eigenvalue weighted by Crippen LogP contribution is 2.29. The molecule has 2 N–H and O–H groups in total. The van der Waals surface area contributed by atoms with Gasteiger partial charge in [0.25, 0.3) is 5.91 Å². The first-order valence-corrected chi connectivity index (χ1v) is 8.48. The Bertz CT molecular complexity index is 766. The molecule has 3 rings (SSSR count). The summed E-state index contributed by atoms with van der Waals surface area (Å²) < 4.78 is 38.3. The average Bonchev–Trinajstić information content (AvgIpc) is 2.62. The summed E-state index contributed by atoms with van der Waals surface area (Å²) in [6.45, 7) is 4.10. The van der Waals surface area contributed by atoms with E-state index < -0.39 is 17.6 Å². The Labute approximate surface area is 150 Å². The molecule has 0 radical (unpaired) electrons. The predicted octanol–water partition coefficient (Wildman–Crippen LogP) is 2.29. The predicted molar refractivity (Wildman–Crippen MR) is 94.7 cm³/mol. The van der Waals surface area contributed by atoms with Crippen molar-refractivity contribution in [1.82, 2.24) is 0 Å². The zero-order chi connectivity index (χ0) is 18.7. The molecule has 1 amide bonds. The number of halogens is 3. The third-order valence-corrected chi connectivity index (χ3v) is 4.56. The lowest BCUT2D eigenvalue weighted by Gasteiger charge is -2.31. The highest BCUT2D eigenvalue weighted by Gasteiger charge is 2.30. The standard InChI is InChI=1S/C19H20F3N3O/c1-24-9-11-25(12-10-24)17-7-5-16(6-8-17)23-18(26)14-3-2-4-15(13-14)19(20,21)22/h2-8,13H,9-12H2,1H3,(H,23,26)/p+1. The van der Waals surface area contributed by atoms with Crippen molar-refractivity contribution in [2.75, 3.05) is 43.4 Å². The summed E-state index contributed by atoms with van der Waals surface area (Å²) in [5, 5.41) is 2.65. The second-order valence-corrected chi connectivity index (χ2v) is 6.52. The third kappa shape index (κ3) is 4.35. The Morgan fingerprint density at radius 3 is 2.35 bits per heavy atom. The number of nitrogens with one attached hydrogen (secondary N) is 2. The summed E-state index contributed by atoms with van der Waals surface area (Å²) in [5.41, 5.74) is 0.772. The van der Waals surface area contributed by atoms with Crippen LogP contribution in [0.5, 0.6) is 0 Å². The molecule has 0 spiro atoms. The highest BCUT2D eigenvalue weighted by atomic mass is 19.4. The lowest BCUT2D eigenvalue weighted by atomic mass is 10.1. The third-order valence-electron chi connectivity index (χ3n) is 4.56. The van der Waals surface area contributed by atoms with Gasteiger partial charge in [0.1, 0.15) is 0 Å². The lowest BCUT2D eigenvalue weighted by Crippen LogP contribution is -3.12. The number of piperazine rings is 1. The monoisotopic (exact) mass is 364 g/mol. The van der Waals surface area contributed by atoms with Crippen LogP contribution < -0.4 is 15.1 Å². The van der Waals surface area contributed by atoms with Gasteiger partial charge >= 0.3 is 6.18 Å². The smallest absolute Gasteiger partial charge is 0.360 e. The summed E-state index contributed by atoms with van der Waals surface area (Å²) in [4.78, 5) is 16.0. The molecule has 1 fully saturated rings. The fraction of sp³-hybridized carbons (Fsp3) is 0.316. The number of likely N-dealkylation sites (N-methyl/N-ethyl adjacent to an activating group) is 1. The van der Waals surface area contributed by atoms with E-state index >= 15 is 0 Å². The Hall–Kier alpha value is -2.54. The van der Waals surface area contributed by atoms with Crippen LogP contribution in [0.2, 0.25) is 0 Å². The van der Waals surface area contributed by atoms with Gasteiger partial charge in [-0.25, -0.2) is 0 Å². The van der Waals surface area contributed by atoms with Crippen molar-refractivity contribution in [1.29, 1.82) is 0 Å². The van der Waals surface area contributed by atoms with Crippen molar-refractivity contribution in [3.05, 3.63) is 59.7 Å². The van der Waals surface area contributed by atoms with E-state index in [0.29, 0.717) is 5.69 Å². The average molecular weight is 364 g/mol. The number of hydrogen-bond acceptors (Lipinski definition) is 2. The second-order valence-electron chi connectivity index (χ2n) is 6.52. The molecule has 0 aromatic heterocycles. The van der Waals surface area contributed by atoms with Crippen LogP contribution in [0.15, 0.2) is 48.5 Å². The van der Waals surface area contributed by atoms with E-state index in [2.05, 4.69) is 17.3 Å². The van der Waals surface area contributed by atoms with E-state index in [1.54, 1.807) is 12.1 Å². The zero-order valence-corrected chi connectivity index (χ0v) is 14.4. The molecule has 2 aromatic rings. The van der Waals surface area contributed by atoms with E-state index in [4.69, 9.17) is 0 Å². The molecule has 1 aliphatic rings. The molecule has 26 heavy (non-hydrogen) atoms. The number of benzene rings is 2. The van der Waals surface area contributed by atoms with Crippen LogP contribution >= 0.6 is 0 Å². The van der Waals surface area contributed by atoms with Gasteiger partial charge in [-0.2, -0.15) is 13.2 Å². The Kier molecular flexibility index (Phi) is 5.18. The molecule has 0 aliphatic carbocycles. The van der Waals surface area contributed by atoms with Gasteiger partial charge in [-0.1, -0.05) is 6.07 Å². The number of amides is 1. The first-order valence-electron chi connectivity index (χ1n) is 8.48. The molecule has 0 bridgehead atoms. The van der Waals surface area contributed by atoms with Crippen LogP contribution in [0, 0.1) is 0 Å². The molecule has 7 heteroatoms. The van der Waals surface area contributed by atoms with E-state index in [9.17, 15) is 18.0 Å². The fourth-order valence-electron chi connectivity index (χ4n) is 2.94. The molecule has 0 atom stereocenters. The van der Waals surface area contributed by atoms with Crippen molar-refractivity contribution in [2.24, 2.45) is 0 Å². The number of rotatable bonds is 3. The number of alkyl halides is 3. The van der Waals surface area contributed by atoms with Crippen LogP contribution in [0.1, 0.15) is 15.9 Å². The molecule has 4 nitrogen and oxygen atoms in total. The summed E-state index contributed by atoms with van der Waals surface area (Å²) in [5.74, 6) is -0.563. The Morgan fingerprint density at radius 1 is 1.08 bits per heavy atom. The summed E-state index contributed by atoms with van der Waals surface area (Å²) in [7, 11) is 2.17. The maximum atomic E-state index is 12.8. The molecule has 2 aromatic carbocycles. The number of quaternary nitrogens is 1. The van der Waals surface area contributed by atoms with Crippen molar-refractivity contribution in [3.63, 3.8) is 0 Å². The Morgan fingerprint density at radius 2 is 1.73 bits per heavy atom. The minimum absolute atomic E-state index is 0.0223. The van der Waals surface area contributed by atoms with Crippen LogP contribution in [0.4, 0.5) is 24.5 Å². The van der Waals surface area contributed by atoms with Gasteiger partial charge in [0.15, 0.2) is 0 Å². The van der Waals surface area contributed by atoms with Crippen molar-refractivity contribution < 1.29 is 22.9 Å². The number of carbonyl (C=O) groups is 1. The minimum Gasteiger partial charge on any atom is -0.360 e. The van der Waals surface area contributed by atoms with Gasteiger partial charge in [0, 0.05) is 16.9 Å². The van der Waals surface area contributed by atoms with Crippen LogP contribution in [0.3, 0.4) is 0 Å². The largest absolute Gasteiger partial charge is 0.416 e. The van der Waals surface area contributed by atoms with E-state index in [0.717, 1.165) is 44.0 Å². The normalized spacial score (nSPS) is 15.8.